The van der Waals surface area contributed by atoms with Crippen molar-refractivity contribution in [2.45, 2.75) is 18.9 Å². The van der Waals surface area contributed by atoms with Crippen molar-refractivity contribution in [1.82, 2.24) is 14.7 Å². The second kappa shape index (κ2) is 5.96. The molecule has 1 aromatic heterocycles. The van der Waals surface area contributed by atoms with Crippen molar-refractivity contribution in [2.24, 2.45) is 0 Å². The summed E-state index contributed by atoms with van der Waals surface area (Å²) < 4.78 is 1.74. The third kappa shape index (κ3) is 2.50. The summed E-state index contributed by atoms with van der Waals surface area (Å²) in [5, 5.41) is 4.33. The molecule has 1 atom stereocenters. The molecule has 0 saturated carbocycles. The van der Waals surface area contributed by atoms with Crippen LogP contribution in [0.4, 0.5) is 0 Å². The second-order valence-corrected chi connectivity index (χ2v) is 6.18. The van der Waals surface area contributed by atoms with E-state index in [9.17, 15) is 4.79 Å². The average molecular weight is 317 g/mol. The number of amides is 1. The van der Waals surface area contributed by atoms with Gasteiger partial charge in [-0.15, -0.1) is 0 Å². The lowest BCUT2D eigenvalue weighted by atomic mass is 10.1. The molecule has 0 aliphatic heterocycles. The molecule has 4 rings (SSSR count). The summed E-state index contributed by atoms with van der Waals surface area (Å²) in [6.07, 6.45) is 5.46. The van der Waals surface area contributed by atoms with Gasteiger partial charge in [-0.2, -0.15) is 5.10 Å². The topological polar surface area (TPSA) is 38.1 Å². The lowest BCUT2D eigenvalue weighted by Crippen LogP contribution is -2.29. The monoisotopic (exact) mass is 317 g/mol. The van der Waals surface area contributed by atoms with E-state index in [0.29, 0.717) is 5.56 Å². The highest BCUT2D eigenvalue weighted by Gasteiger charge is 2.29. The first-order valence-corrected chi connectivity index (χ1v) is 8.19. The zero-order valence-corrected chi connectivity index (χ0v) is 13.6. The molecule has 0 N–H and O–H groups in total. The van der Waals surface area contributed by atoms with Gasteiger partial charge in [-0.3, -0.25) is 4.79 Å². The number of rotatable bonds is 3. The van der Waals surface area contributed by atoms with Gasteiger partial charge in [0.25, 0.3) is 5.91 Å². The van der Waals surface area contributed by atoms with Crippen molar-refractivity contribution in [3.05, 3.63) is 83.7 Å². The maximum atomic E-state index is 12.9. The van der Waals surface area contributed by atoms with Crippen LogP contribution in [0.5, 0.6) is 0 Å². The summed E-state index contributed by atoms with van der Waals surface area (Å²) in [6, 6.07) is 18.4. The molecule has 120 valence electrons. The van der Waals surface area contributed by atoms with E-state index in [-0.39, 0.29) is 11.9 Å². The Morgan fingerprint density at radius 2 is 1.88 bits per heavy atom. The molecular formula is C20H19N3O. The van der Waals surface area contributed by atoms with E-state index in [2.05, 4.69) is 23.3 Å². The van der Waals surface area contributed by atoms with Gasteiger partial charge in [-0.05, 0) is 36.1 Å². The minimum atomic E-state index is 0.0129. The third-order valence-corrected chi connectivity index (χ3v) is 4.74. The Bertz CT molecular complexity index is 869. The highest BCUT2D eigenvalue weighted by atomic mass is 16.2. The van der Waals surface area contributed by atoms with Crippen LogP contribution in [0.1, 0.15) is 33.9 Å². The lowest BCUT2D eigenvalue weighted by molar-refractivity contribution is 0.0730. The van der Waals surface area contributed by atoms with Gasteiger partial charge < -0.3 is 4.90 Å². The van der Waals surface area contributed by atoms with Gasteiger partial charge in [0.15, 0.2) is 0 Å². The third-order valence-electron chi connectivity index (χ3n) is 4.74. The van der Waals surface area contributed by atoms with Gasteiger partial charge in [-0.1, -0.05) is 42.5 Å². The maximum Gasteiger partial charge on any atom is 0.257 e. The van der Waals surface area contributed by atoms with Crippen LogP contribution in [0, 0.1) is 0 Å². The predicted octanol–water partition coefficient (Wildman–Crippen LogP) is 3.63. The summed E-state index contributed by atoms with van der Waals surface area (Å²) in [5.74, 6) is 0.0129. The zero-order chi connectivity index (χ0) is 16.5. The Balaban J connectivity index is 1.57. The molecule has 0 saturated heterocycles. The van der Waals surface area contributed by atoms with Crippen LogP contribution in [-0.2, 0) is 6.42 Å². The number of carbonyl (C=O) groups is 1. The maximum absolute atomic E-state index is 12.9. The molecule has 4 heteroatoms. The molecule has 3 aromatic rings. The summed E-state index contributed by atoms with van der Waals surface area (Å²) in [6.45, 7) is 0. The van der Waals surface area contributed by atoms with Crippen molar-refractivity contribution >= 4 is 5.91 Å². The molecule has 1 heterocycles. The Kier molecular flexibility index (Phi) is 3.65. The number of nitrogens with zero attached hydrogens (tertiary/aromatic N) is 3. The Hall–Kier alpha value is -2.88. The highest BCUT2D eigenvalue weighted by Crippen LogP contribution is 2.35. The minimum Gasteiger partial charge on any atom is -0.335 e. The van der Waals surface area contributed by atoms with Crippen molar-refractivity contribution in [2.75, 3.05) is 7.05 Å². The van der Waals surface area contributed by atoms with E-state index in [0.717, 1.165) is 18.5 Å². The Morgan fingerprint density at radius 1 is 1.12 bits per heavy atom. The molecule has 2 aromatic carbocycles. The van der Waals surface area contributed by atoms with Crippen LogP contribution in [-0.4, -0.2) is 27.6 Å². The van der Waals surface area contributed by atoms with Crippen LogP contribution in [0.25, 0.3) is 5.69 Å². The van der Waals surface area contributed by atoms with Crippen LogP contribution >= 0.6 is 0 Å². The fourth-order valence-corrected chi connectivity index (χ4v) is 3.44. The number of fused-ring (bicyclic) bond motifs is 1. The average Bonchev–Trinajstić information content (AvgIpc) is 3.28. The number of hydrogen-bond acceptors (Lipinski definition) is 2. The van der Waals surface area contributed by atoms with E-state index in [1.54, 1.807) is 17.1 Å². The largest absolute Gasteiger partial charge is 0.335 e. The number of carbonyl (C=O) groups excluding carboxylic acids is 1. The number of para-hydroxylation sites is 1. The molecule has 1 aliphatic carbocycles. The van der Waals surface area contributed by atoms with E-state index < -0.39 is 0 Å². The van der Waals surface area contributed by atoms with Crippen LogP contribution < -0.4 is 0 Å². The summed E-state index contributed by atoms with van der Waals surface area (Å²) in [5.41, 5.74) is 4.18. The number of aryl methyl sites for hydroxylation is 1. The van der Waals surface area contributed by atoms with Gasteiger partial charge in [0.1, 0.15) is 0 Å². The number of hydrogen-bond donors (Lipinski definition) is 0. The first kappa shape index (κ1) is 14.7. The van der Waals surface area contributed by atoms with Gasteiger partial charge in [0.05, 0.1) is 23.5 Å². The van der Waals surface area contributed by atoms with E-state index >= 15 is 0 Å². The van der Waals surface area contributed by atoms with Crippen molar-refractivity contribution in [1.29, 1.82) is 0 Å². The first-order chi connectivity index (χ1) is 11.7. The standard InChI is InChI=1S/C20H19N3O/c1-22(19-12-11-15-7-5-6-10-18(15)19)20(24)16-13-21-23(14-16)17-8-3-2-4-9-17/h2-10,13-14,19H,11-12H2,1H3. The van der Waals surface area contributed by atoms with E-state index in [4.69, 9.17) is 0 Å². The predicted molar refractivity (Wildman–Crippen MR) is 93.2 cm³/mol. The second-order valence-electron chi connectivity index (χ2n) is 6.18. The van der Waals surface area contributed by atoms with Crippen molar-refractivity contribution in [3.63, 3.8) is 0 Å². The molecule has 1 aliphatic rings. The van der Waals surface area contributed by atoms with E-state index in [1.165, 1.54) is 11.1 Å². The van der Waals surface area contributed by atoms with Gasteiger partial charge in [0.2, 0.25) is 0 Å². The number of aromatic nitrogens is 2. The molecule has 4 nitrogen and oxygen atoms in total. The SMILES string of the molecule is CN(C(=O)c1cnn(-c2ccccc2)c1)C1CCc2ccccc21. The molecule has 24 heavy (non-hydrogen) atoms. The molecule has 0 spiro atoms. The Labute approximate surface area is 141 Å². The lowest BCUT2D eigenvalue weighted by Gasteiger charge is -2.25. The highest BCUT2D eigenvalue weighted by molar-refractivity contribution is 5.94. The van der Waals surface area contributed by atoms with Crippen LogP contribution in [0.15, 0.2) is 67.0 Å². The molecule has 0 bridgehead atoms. The van der Waals surface area contributed by atoms with Gasteiger partial charge >= 0.3 is 0 Å². The van der Waals surface area contributed by atoms with E-state index in [1.807, 2.05) is 48.3 Å². The van der Waals surface area contributed by atoms with Gasteiger partial charge in [-0.25, -0.2) is 4.68 Å². The quantitative estimate of drug-likeness (QED) is 0.740. The zero-order valence-electron chi connectivity index (χ0n) is 13.6. The molecule has 1 unspecified atom stereocenters. The van der Waals surface area contributed by atoms with Crippen molar-refractivity contribution < 1.29 is 4.79 Å². The molecular weight excluding hydrogens is 298 g/mol. The number of benzene rings is 2. The summed E-state index contributed by atoms with van der Waals surface area (Å²) in [4.78, 5) is 14.7. The smallest absolute Gasteiger partial charge is 0.257 e. The fraction of sp³-hybridized carbons (Fsp3) is 0.200. The van der Waals surface area contributed by atoms with Crippen LogP contribution in [0.2, 0.25) is 0 Å². The summed E-state index contributed by atoms with van der Waals surface area (Å²) in [7, 11) is 1.88. The summed E-state index contributed by atoms with van der Waals surface area (Å²) >= 11 is 0. The molecule has 0 fully saturated rings. The van der Waals surface area contributed by atoms with Crippen LogP contribution in [0.3, 0.4) is 0 Å². The Morgan fingerprint density at radius 3 is 2.71 bits per heavy atom. The van der Waals surface area contributed by atoms with Crippen molar-refractivity contribution in [3.8, 4) is 5.69 Å². The first-order valence-electron chi connectivity index (χ1n) is 8.19. The minimum absolute atomic E-state index is 0.0129. The van der Waals surface area contributed by atoms with Gasteiger partial charge in [0, 0.05) is 13.2 Å². The molecule has 0 radical (unpaired) electrons. The fourth-order valence-electron chi connectivity index (χ4n) is 3.44. The molecule has 1 amide bonds. The normalized spacial score (nSPS) is 16.0.